The van der Waals surface area contributed by atoms with Gasteiger partial charge in [-0.2, -0.15) is 0 Å². The van der Waals surface area contributed by atoms with E-state index < -0.39 is 15.9 Å². The molecule has 3 rings (SSSR count). The smallest absolute Gasteiger partial charge is 0.407 e. The molecule has 0 saturated carbocycles. The van der Waals surface area contributed by atoms with Crippen molar-refractivity contribution >= 4 is 15.9 Å². The Morgan fingerprint density at radius 2 is 1.94 bits per heavy atom. The number of amides is 1. The summed E-state index contributed by atoms with van der Waals surface area (Å²) < 4.78 is 35.6. The molecule has 2 heterocycles. The van der Waals surface area contributed by atoms with Crippen molar-refractivity contribution in [2.24, 2.45) is 0 Å². The van der Waals surface area contributed by atoms with Gasteiger partial charge in [-0.25, -0.2) is 13.2 Å². The van der Waals surface area contributed by atoms with Crippen LogP contribution in [-0.4, -0.2) is 67.7 Å². The van der Waals surface area contributed by atoms with E-state index in [2.05, 4.69) is 0 Å². The van der Waals surface area contributed by atoms with Crippen LogP contribution in [0.25, 0.3) is 5.69 Å². The topological polar surface area (TPSA) is 115 Å². The maximum absolute atomic E-state index is 12.6. The lowest BCUT2D eigenvalue weighted by Gasteiger charge is -2.37. The minimum absolute atomic E-state index is 0.181. The third kappa shape index (κ3) is 5.65. The van der Waals surface area contributed by atoms with Crippen molar-refractivity contribution in [2.75, 3.05) is 26.5 Å². The van der Waals surface area contributed by atoms with E-state index in [9.17, 15) is 23.1 Å². The molecule has 1 fully saturated rings. The monoisotopic (exact) mass is 450 g/mol. The van der Waals surface area contributed by atoms with Gasteiger partial charge >= 0.3 is 6.09 Å². The van der Waals surface area contributed by atoms with Gasteiger partial charge in [-0.05, 0) is 36.8 Å². The lowest BCUT2D eigenvalue weighted by Crippen LogP contribution is -2.48. The number of piperidine rings is 1. The Labute approximate surface area is 180 Å². The quantitative estimate of drug-likeness (QED) is 0.687. The molecule has 0 radical (unpaired) electrons. The minimum Gasteiger partial charge on any atom is -0.490 e. The van der Waals surface area contributed by atoms with Crippen molar-refractivity contribution in [2.45, 2.75) is 36.3 Å². The van der Waals surface area contributed by atoms with E-state index in [0.29, 0.717) is 43.9 Å². The third-order valence-corrected chi connectivity index (χ3v) is 6.43. The number of carboxylic acid groups (broad SMARTS) is 1. The first kappa shape index (κ1) is 22.8. The number of hydrogen-bond acceptors (Lipinski definition) is 6. The zero-order valence-corrected chi connectivity index (χ0v) is 18.2. The molecule has 0 bridgehead atoms. The molecule has 2 atom stereocenters. The van der Waals surface area contributed by atoms with Crippen LogP contribution in [0.5, 0.6) is 5.75 Å². The van der Waals surface area contributed by atoms with E-state index in [0.717, 1.165) is 6.26 Å². The van der Waals surface area contributed by atoms with Crippen LogP contribution in [-0.2, 0) is 14.6 Å². The Morgan fingerprint density at radius 1 is 1.23 bits per heavy atom. The van der Waals surface area contributed by atoms with Crippen molar-refractivity contribution in [1.82, 2.24) is 9.47 Å². The van der Waals surface area contributed by atoms with Crippen LogP contribution in [0.4, 0.5) is 4.79 Å². The van der Waals surface area contributed by atoms with Crippen molar-refractivity contribution in [3.8, 4) is 11.4 Å². The summed E-state index contributed by atoms with van der Waals surface area (Å²) >= 11 is 0. The molecule has 1 aromatic heterocycles. The van der Waals surface area contributed by atoms with Crippen LogP contribution in [0.15, 0.2) is 52.3 Å². The fourth-order valence-corrected chi connectivity index (χ4v) is 4.32. The van der Waals surface area contributed by atoms with Gasteiger partial charge in [0.1, 0.15) is 11.9 Å². The van der Waals surface area contributed by atoms with Gasteiger partial charge in [0.05, 0.1) is 4.90 Å². The number of methoxy groups -OCH3 is 1. The summed E-state index contributed by atoms with van der Waals surface area (Å²) in [7, 11) is -1.74. The maximum atomic E-state index is 12.6. The van der Waals surface area contributed by atoms with Gasteiger partial charge in [-0.3, -0.25) is 9.36 Å². The standard InChI is InChI=1S/C21H26N2O7S/c1-29-12-9-16-13-17(8-11-23(16)21(25)26)30-18-7-10-22(20(24)14-18)15-3-5-19(6-4-15)31(2,27)28/h3-7,10,14,16-17H,8-9,11-13H2,1-2H3,(H,25,26). The molecule has 0 aliphatic carbocycles. The first-order valence-corrected chi connectivity index (χ1v) is 11.8. The molecule has 2 aromatic rings. The van der Waals surface area contributed by atoms with Gasteiger partial charge in [0.25, 0.3) is 5.56 Å². The third-order valence-electron chi connectivity index (χ3n) is 5.31. The van der Waals surface area contributed by atoms with Gasteiger partial charge in [0, 0.05) is 63.4 Å². The van der Waals surface area contributed by atoms with E-state index in [1.54, 1.807) is 31.5 Å². The number of pyridine rings is 1. The Kier molecular flexibility index (Phi) is 7.01. The molecule has 1 aliphatic heterocycles. The number of aromatic nitrogens is 1. The van der Waals surface area contributed by atoms with Crippen LogP contribution in [0.2, 0.25) is 0 Å². The van der Waals surface area contributed by atoms with Crippen LogP contribution in [0.1, 0.15) is 19.3 Å². The first-order valence-electron chi connectivity index (χ1n) is 9.87. The molecule has 1 aromatic carbocycles. The maximum Gasteiger partial charge on any atom is 0.407 e. The second-order valence-electron chi connectivity index (χ2n) is 7.51. The van der Waals surface area contributed by atoms with Crippen molar-refractivity contribution < 1.29 is 27.8 Å². The number of likely N-dealkylation sites (tertiary alicyclic amines) is 1. The molecule has 1 saturated heterocycles. The van der Waals surface area contributed by atoms with Gasteiger partial charge < -0.3 is 19.5 Å². The second-order valence-corrected chi connectivity index (χ2v) is 9.53. The van der Waals surface area contributed by atoms with Crippen molar-refractivity contribution in [3.63, 3.8) is 0 Å². The Hall–Kier alpha value is -2.85. The lowest BCUT2D eigenvalue weighted by atomic mass is 9.97. The van der Waals surface area contributed by atoms with Crippen LogP contribution >= 0.6 is 0 Å². The summed E-state index contributed by atoms with van der Waals surface area (Å²) in [6, 6.07) is 8.89. The highest BCUT2D eigenvalue weighted by Crippen LogP contribution is 2.24. The Balaban J connectivity index is 1.71. The summed E-state index contributed by atoms with van der Waals surface area (Å²) in [5.41, 5.74) is 0.224. The van der Waals surface area contributed by atoms with E-state index in [4.69, 9.17) is 9.47 Å². The average molecular weight is 451 g/mol. The number of rotatable bonds is 7. The number of benzene rings is 1. The van der Waals surface area contributed by atoms with E-state index in [-0.39, 0.29) is 22.6 Å². The van der Waals surface area contributed by atoms with Gasteiger partial charge in [0.15, 0.2) is 9.84 Å². The highest BCUT2D eigenvalue weighted by Gasteiger charge is 2.32. The van der Waals surface area contributed by atoms with Crippen molar-refractivity contribution in [3.05, 3.63) is 52.9 Å². The van der Waals surface area contributed by atoms with E-state index in [1.165, 1.54) is 27.7 Å². The average Bonchev–Trinajstić information content (AvgIpc) is 2.72. The highest BCUT2D eigenvalue weighted by molar-refractivity contribution is 7.90. The molecule has 31 heavy (non-hydrogen) atoms. The summed E-state index contributed by atoms with van der Waals surface area (Å²) in [6.45, 7) is 0.813. The first-order chi connectivity index (χ1) is 14.7. The fourth-order valence-electron chi connectivity index (χ4n) is 3.69. The lowest BCUT2D eigenvalue weighted by molar-refractivity contribution is 0.0412. The molecule has 1 aliphatic rings. The predicted octanol–water partition coefficient (Wildman–Crippen LogP) is 2.17. The largest absolute Gasteiger partial charge is 0.490 e. The number of ether oxygens (including phenoxy) is 2. The number of nitrogens with zero attached hydrogens (tertiary/aromatic N) is 2. The highest BCUT2D eigenvalue weighted by atomic mass is 32.2. The molecule has 10 heteroatoms. The van der Waals surface area contributed by atoms with Gasteiger partial charge in [-0.1, -0.05) is 0 Å². The molecule has 1 N–H and O–H groups in total. The summed E-state index contributed by atoms with van der Waals surface area (Å²) in [4.78, 5) is 25.6. The van der Waals surface area contributed by atoms with Crippen molar-refractivity contribution in [1.29, 1.82) is 0 Å². The summed E-state index contributed by atoms with van der Waals surface area (Å²) in [6.07, 6.45) is 3.17. The SMILES string of the molecule is COCCC1CC(Oc2ccn(-c3ccc(S(C)(=O)=O)cc3)c(=O)c2)CCN1C(=O)O. The van der Waals surface area contributed by atoms with E-state index >= 15 is 0 Å². The summed E-state index contributed by atoms with van der Waals surface area (Å²) in [5.74, 6) is 0.410. The number of hydrogen-bond donors (Lipinski definition) is 1. The van der Waals surface area contributed by atoms with Crippen LogP contribution in [0.3, 0.4) is 0 Å². The van der Waals surface area contributed by atoms with Crippen LogP contribution < -0.4 is 10.3 Å². The Morgan fingerprint density at radius 3 is 2.52 bits per heavy atom. The van der Waals surface area contributed by atoms with Gasteiger partial charge in [-0.15, -0.1) is 0 Å². The Bertz CT molecular complexity index is 1080. The predicted molar refractivity (Wildman–Crippen MR) is 114 cm³/mol. The molecule has 1 amide bonds. The molecule has 9 nitrogen and oxygen atoms in total. The zero-order chi connectivity index (χ0) is 22.6. The zero-order valence-electron chi connectivity index (χ0n) is 17.4. The normalized spacial score (nSPS) is 19.2. The van der Waals surface area contributed by atoms with Gasteiger partial charge in [0.2, 0.25) is 0 Å². The molecule has 0 spiro atoms. The molecule has 168 valence electrons. The molecular formula is C21H26N2O7S. The fraction of sp³-hybridized carbons (Fsp3) is 0.429. The second kappa shape index (κ2) is 9.52. The summed E-state index contributed by atoms with van der Waals surface area (Å²) in [5, 5.41) is 9.39. The minimum atomic E-state index is -3.31. The number of carbonyl (C=O) groups is 1. The molecule has 2 unspecified atom stereocenters. The van der Waals surface area contributed by atoms with Crippen LogP contribution in [0, 0.1) is 0 Å². The number of sulfone groups is 1. The van der Waals surface area contributed by atoms with E-state index in [1.807, 2.05) is 0 Å². The molecular weight excluding hydrogens is 424 g/mol.